The minimum absolute atomic E-state index is 0.293. The quantitative estimate of drug-likeness (QED) is 0.638. The molecular formula is C22H15ClN2O4. The van der Waals surface area contributed by atoms with E-state index in [1.165, 1.54) is 0 Å². The molecule has 0 atom stereocenters. The molecular weight excluding hydrogens is 392 g/mol. The topological polar surface area (TPSA) is 75.7 Å². The van der Waals surface area contributed by atoms with Crippen molar-refractivity contribution in [2.24, 2.45) is 0 Å². The van der Waals surface area contributed by atoms with Crippen molar-refractivity contribution in [2.75, 3.05) is 11.9 Å². The van der Waals surface area contributed by atoms with Gasteiger partial charge in [0.2, 0.25) is 5.91 Å². The molecule has 3 amide bonds. The van der Waals surface area contributed by atoms with Crippen LogP contribution in [0.25, 0.3) is 0 Å². The van der Waals surface area contributed by atoms with Crippen LogP contribution in [0, 0.1) is 0 Å². The van der Waals surface area contributed by atoms with Crippen LogP contribution in [0.3, 0.4) is 0 Å². The molecule has 0 saturated carbocycles. The maximum Gasteiger partial charge on any atom is 0.262 e. The number of hydrogen-bond donors (Lipinski definition) is 1. The summed E-state index contributed by atoms with van der Waals surface area (Å²) < 4.78 is 5.81. The third kappa shape index (κ3) is 3.83. The maximum atomic E-state index is 12.6. The Balaban J connectivity index is 1.51. The van der Waals surface area contributed by atoms with Gasteiger partial charge in [-0.3, -0.25) is 19.3 Å². The Morgan fingerprint density at radius 3 is 2.17 bits per heavy atom. The van der Waals surface area contributed by atoms with Gasteiger partial charge in [-0.25, -0.2) is 0 Å². The number of hydrogen-bond acceptors (Lipinski definition) is 4. The number of halogens is 1. The van der Waals surface area contributed by atoms with Gasteiger partial charge in [-0.2, -0.15) is 0 Å². The lowest BCUT2D eigenvalue weighted by molar-refractivity contribution is -0.116. The van der Waals surface area contributed by atoms with E-state index < -0.39 is 24.3 Å². The zero-order valence-electron chi connectivity index (χ0n) is 15.1. The van der Waals surface area contributed by atoms with Gasteiger partial charge in [0.25, 0.3) is 11.8 Å². The molecule has 144 valence electrons. The molecule has 4 rings (SSSR count). The molecule has 6 nitrogen and oxygen atoms in total. The number of nitrogens with zero attached hydrogens (tertiary/aromatic N) is 1. The van der Waals surface area contributed by atoms with Crippen molar-refractivity contribution in [1.29, 1.82) is 0 Å². The fourth-order valence-electron chi connectivity index (χ4n) is 3.02. The Labute approximate surface area is 171 Å². The van der Waals surface area contributed by atoms with Gasteiger partial charge in [0, 0.05) is 5.02 Å². The molecule has 29 heavy (non-hydrogen) atoms. The number of rotatable bonds is 5. The average molecular weight is 407 g/mol. The predicted octanol–water partition coefficient (Wildman–Crippen LogP) is 4.37. The van der Waals surface area contributed by atoms with Gasteiger partial charge < -0.3 is 10.1 Å². The van der Waals surface area contributed by atoms with Gasteiger partial charge >= 0.3 is 0 Å². The molecule has 1 N–H and O–H groups in total. The van der Waals surface area contributed by atoms with E-state index in [9.17, 15) is 14.4 Å². The summed E-state index contributed by atoms with van der Waals surface area (Å²) in [4.78, 5) is 38.4. The third-order valence-corrected chi connectivity index (χ3v) is 4.60. The standard InChI is InChI=1S/C22H15ClN2O4/c23-14-10-11-19(29-15-6-2-1-3-7-15)18(12-14)24-20(26)13-25-21(27)16-8-4-5-9-17(16)22(25)28/h1-12H,13H2,(H,24,26). The summed E-state index contributed by atoms with van der Waals surface area (Å²) in [6.45, 7) is -0.413. The molecule has 3 aromatic carbocycles. The largest absolute Gasteiger partial charge is 0.455 e. The normalized spacial score (nSPS) is 12.7. The molecule has 1 aliphatic heterocycles. The van der Waals surface area contributed by atoms with Crippen molar-refractivity contribution in [1.82, 2.24) is 4.90 Å². The Bertz CT molecular complexity index is 1080. The second-order valence-electron chi connectivity index (χ2n) is 6.35. The van der Waals surface area contributed by atoms with Gasteiger partial charge in [-0.15, -0.1) is 0 Å². The average Bonchev–Trinajstić information content (AvgIpc) is 2.96. The number of anilines is 1. The van der Waals surface area contributed by atoms with Crippen molar-refractivity contribution < 1.29 is 19.1 Å². The smallest absolute Gasteiger partial charge is 0.262 e. The highest BCUT2D eigenvalue weighted by atomic mass is 35.5. The first-order valence-electron chi connectivity index (χ1n) is 8.80. The van der Waals surface area contributed by atoms with Crippen molar-refractivity contribution in [3.8, 4) is 11.5 Å². The van der Waals surface area contributed by atoms with Gasteiger partial charge in [0.15, 0.2) is 5.75 Å². The van der Waals surface area contributed by atoms with E-state index in [0.29, 0.717) is 33.3 Å². The van der Waals surface area contributed by atoms with Crippen LogP contribution < -0.4 is 10.1 Å². The molecule has 0 unspecified atom stereocenters. The summed E-state index contributed by atoms with van der Waals surface area (Å²) in [5.41, 5.74) is 0.922. The summed E-state index contributed by atoms with van der Waals surface area (Å²) in [5.74, 6) is -0.554. The molecule has 0 saturated heterocycles. The first-order chi connectivity index (χ1) is 14.0. The summed E-state index contributed by atoms with van der Waals surface area (Å²) in [6, 6.07) is 20.4. The van der Waals surface area contributed by atoms with Crippen molar-refractivity contribution in [3.63, 3.8) is 0 Å². The lowest BCUT2D eigenvalue weighted by Gasteiger charge is -2.16. The first kappa shape index (κ1) is 18.7. The number of carbonyl (C=O) groups is 3. The van der Waals surface area contributed by atoms with Crippen molar-refractivity contribution >= 4 is 35.0 Å². The first-order valence-corrected chi connectivity index (χ1v) is 9.18. The SMILES string of the molecule is O=C(CN1C(=O)c2ccccc2C1=O)Nc1cc(Cl)ccc1Oc1ccccc1. The lowest BCUT2D eigenvalue weighted by Crippen LogP contribution is -2.37. The molecule has 0 fully saturated rings. The van der Waals surface area contributed by atoms with E-state index in [4.69, 9.17) is 16.3 Å². The van der Waals surface area contributed by atoms with Gasteiger partial charge in [-0.05, 0) is 42.5 Å². The summed E-state index contributed by atoms with van der Waals surface area (Å²) >= 11 is 6.06. The van der Waals surface area contributed by atoms with Gasteiger partial charge in [0.05, 0.1) is 16.8 Å². The van der Waals surface area contributed by atoms with E-state index in [2.05, 4.69) is 5.32 Å². The van der Waals surface area contributed by atoms with Crippen LogP contribution in [0.5, 0.6) is 11.5 Å². The van der Waals surface area contributed by atoms with Crippen LogP contribution in [0.4, 0.5) is 5.69 Å². The van der Waals surface area contributed by atoms with Crippen LogP contribution in [-0.4, -0.2) is 29.2 Å². The van der Waals surface area contributed by atoms with E-state index in [1.54, 1.807) is 54.6 Å². The fourth-order valence-corrected chi connectivity index (χ4v) is 3.19. The number of para-hydroxylation sites is 1. The highest BCUT2D eigenvalue weighted by molar-refractivity contribution is 6.31. The second-order valence-corrected chi connectivity index (χ2v) is 6.78. The van der Waals surface area contributed by atoms with E-state index in [-0.39, 0.29) is 0 Å². The number of imide groups is 1. The summed E-state index contributed by atoms with van der Waals surface area (Å²) in [5, 5.41) is 3.08. The van der Waals surface area contributed by atoms with Gasteiger partial charge in [-0.1, -0.05) is 41.9 Å². The molecule has 1 aliphatic rings. The van der Waals surface area contributed by atoms with Crippen LogP contribution in [0.2, 0.25) is 5.02 Å². The van der Waals surface area contributed by atoms with E-state index >= 15 is 0 Å². The molecule has 0 radical (unpaired) electrons. The number of fused-ring (bicyclic) bond motifs is 1. The Morgan fingerprint density at radius 1 is 0.897 bits per heavy atom. The van der Waals surface area contributed by atoms with E-state index in [0.717, 1.165) is 4.90 Å². The maximum absolute atomic E-state index is 12.6. The highest BCUT2D eigenvalue weighted by Crippen LogP contribution is 2.32. The zero-order valence-corrected chi connectivity index (χ0v) is 15.8. The number of carbonyl (C=O) groups excluding carboxylic acids is 3. The lowest BCUT2D eigenvalue weighted by atomic mass is 10.1. The molecule has 0 aliphatic carbocycles. The molecule has 0 spiro atoms. The van der Waals surface area contributed by atoms with Crippen LogP contribution in [0.1, 0.15) is 20.7 Å². The van der Waals surface area contributed by atoms with Crippen LogP contribution in [0.15, 0.2) is 72.8 Å². The monoisotopic (exact) mass is 406 g/mol. The third-order valence-electron chi connectivity index (χ3n) is 4.37. The predicted molar refractivity (Wildman–Crippen MR) is 108 cm³/mol. The Hall–Kier alpha value is -3.64. The van der Waals surface area contributed by atoms with Crippen molar-refractivity contribution in [3.05, 3.63) is 88.9 Å². The highest BCUT2D eigenvalue weighted by Gasteiger charge is 2.36. The molecule has 7 heteroatoms. The molecule has 1 heterocycles. The second kappa shape index (κ2) is 7.77. The fraction of sp³-hybridized carbons (Fsp3) is 0.0455. The van der Waals surface area contributed by atoms with Crippen LogP contribution >= 0.6 is 11.6 Å². The molecule has 0 bridgehead atoms. The number of amides is 3. The number of ether oxygens (including phenoxy) is 1. The molecule has 0 aromatic heterocycles. The number of benzene rings is 3. The summed E-state index contributed by atoms with van der Waals surface area (Å²) in [7, 11) is 0. The van der Waals surface area contributed by atoms with Crippen molar-refractivity contribution in [2.45, 2.75) is 0 Å². The Morgan fingerprint density at radius 2 is 1.52 bits per heavy atom. The van der Waals surface area contributed by atoms with Gasteiger partial charge in [0.1, 0.15) is 12.3 Å². The minimum atomic E-state index is -0.542. The summed E-state index contributed by atoms with van der Waals surface area (Å²) in [6.07, 6.45) is 0. The van der Waals surface area contributed by atoms with E-state index in [1.807, 2.05) is 18.2 Å². The number of nitrogens with one attached hydrogen (secondary N) is 1. The van der Waals surface area contributed by atoms with Crippen LogP contribution in [-0.2, 0) is 4.79 Å². The zero-order chi connectivity index (χ0) is 20.4. The Kier molecular flexibility index (Phi) is 5.01. The minimum Gasteiger partial charge on any atom is -0.455 e. The molecule has 3 aromatic rings.